The number of anilines is 1. The topological polar surface area (TPSA) is 12.0 Å². The zero-order valence-electron chi connectivity index (χ0n) is 8.26. The summed E-state index contributed by atoms with van der Waals surface area (Å²) in [5.74, 6) is 0. The first-order valence-corrected chi connectivity index (χ1v) is 4.79. The van der Waals surface area contributed by atoms with Gasteiger partial charge in [0, 0.05) is 19.1 Å². The van der Waals surface area contributed by atoms with E-state index in [0.29, 0.717) is 0 Å². The van der Waals surface area contributed by atoms with Crippen molar-refractivity contribution in [3.05, 3.63) is 30.3 Å². The van der Waals surface area contributed by atoms with Crippen molar-refractivity contribution in [1.29, 1.82) is 0 Å². The maximum atomic E-state index is 4.64. The summed E-state index contributed by atoms with van der Waals surface area (Å²) >= 11 is 4.64. The van der Waals surface area contributed by atoms with Crippen molar-refractivity contribution in [2.24, 2.45) is 0 Å². The van der Waals surface area contributed by atoms with Crippen LogP contribution in [0.15, 0.2) is 30.3 Å². The largest absolute Gasteiger partial charge is 0.388 e. The van der Waals surface area contributed by atoms with Gasteiger partial charge in [0.15, 0.2) is 0 Å². The second-order valence-electron chi connectivity index (χ2n) is 1.62. The summed E-state index contributed by atoms with van der Waals surface area (Å²) in [4.78, 5) is 0. The average molecular weight is 188 g/mol. The Morgan fingerprint density at radius 2 is 1.42 bits per heavy atom. The first-order chi connectivity index (χ1) is 5.93. The van der Waals surface area contributed by atoms with Gasteiger partial charge in [0.05, 0.1) is 0 Å². The van der Waals surface area contributed by atoms with Crippen LogP contribution in [0.25, 0.3) is 0 Å². The molecule has 2 heteroatoms. The molecule has 0 saturated heterocycles. The van der Waals surface area contributed by atoms with E-state index in [1.54, 1.807) is 0 Å². The number of benzene rings is 1. The number of halogens is 1. The quantitative estimate of drug-likeness (QED) is 0.663. The van der Waals surface area contributed by atoms with E-state index in [0.717, 1.165) is 5.69 Å². The highest BCUT2D eigenvalue weighted by atomic mass is 35.5. The lowest BCUT2D eigenvalue weighted by atomic mass is 10.3. The first kappa shape index (κ1) is 13.9. The maximum absolute atomic E-state index is 4.64. The van der Waals surface area contributed by atoms with Crippen LogP contribution in [0, 0.1) is 0 Å². The normalized spacial score (nSPS) is 6.75. The summed E-state index contributed by atoms with van der Waals surface area (Å²) in [6, 6.07) is 10.1. The highest BCUT2D eigenvalue weighted by Gasteiger charge is 1.77. The molecule has 0 saturated carbocycles. The fourth-order valence-electron chi connectivity index (χ4n) is 0.605. The third-order valence-electron chi connectivity index (χ3n) is 1.06. The fraction of sp³-hybridized carbons (Fsp3) is 0.400. The summed E-state index contributed by atoms with van der Waals surface area (Å²) in [7, 11) is 1.91. The van der Waals surface area contributed by atoms with Crippen LogP contribution in [-0.4, -0.2) is 13.4 Å². The third-order valence-corrected chi connectivity index (χ3v) is 1.06. The molecule has 0 bridgehead atoms. The standard InChI is InChI=1S/C7H9N.C2H6.CH3Cl/c1-8-7-5-3-2-4-6-7;2*1-2/h2-6,8H,1H3;1-2H3;1H3. The molecule has 0 aliphatic heterocycles. The lowest BCUT2D eigenvalue weighted by Crippen LogP contribution is -1.84. The molecule has 1 nitrogen and oxygen atoms in total. The highest BCUT2D eigenvalue weighted by Crippen LogP contribution is 2.01. The van der Waals surface area contributed by atoms with Gasteiger partial charge in [-0.1, -0.05) is 32.0 Å². The number of nitrogens with one attached hydrogen (secondary N) is 1. The molecule has 1 N–H and O–H groups in total. The molecule has 0 aliphatic rings. The van der Waals surface area contributed by atoms with Crippen molar-refractivity contribution in [3.63, 3.8) is 0 Å². The average Bonchev–Trinajstić information content (AvgIpc) is 2.25. The third kappa shape index (κ3) is 7.42. The Morgan fingerprint density at radius 1 is 1.00 bits per heavy atom. The Kier molecular flexibility index (Phi) is 15.0. The van der Waals surface area contributed by atoms with Crippen LogP contribution in [-0.2, 0) is 0 Å². The van der Waals surface area contributed by atoms with Gasteiger partial charge in [-0.25, -0.2) is 0 Å². The van der Waals surface area contributed by atoms with Gasteiger partial charge >= 0.3 is 0 Å². The van der Waals surface area contributed by atoms with Crippen molar-refractivity contribution < 1.29 is 0 Å². The van der Waals surface area contributed by atoms with E-state index in [1.807, 2.05) is 51.2 Å². The molecule has 1 aromatic carbocycles. The van der Waals surface area contributed by atoms with Crippen LogP contribution in [0.3, 0.4) is 0 Å². The SMILES string of the molecule is CC.CCl.CNc1ccccc1. The van der Waals surface area contributed by atoms with Gasteiger partial charge in [0.2, 0.25) is 0 Å². The molecule has 0 aromatic heterocycles. The number of rotatable bonds is 1. The Labute approximate surface area is 80.8 Å². The van der Waals surface area contributed by atoms with Crippen LogP contribution in [0.5, 0.6) is 0 Å². The smallest absolute Gasteiger partial charge is 0.0337 e. The number of para-hydroxylation sites is 1. The Bertz CT molecular complexity index is 151. The molecule has 0 spiro atoms. The number of hydrogen-bond acceptors (Lipinski definition) is 1. The van der Waals surface area contributed by atoms with Crippen molar-refractivity contribution in [2.45, 2.75) is 13.8 Å². The Morgan fingerprint density at radius 3 is 1.67 bits per heavy atom. The van der Waals surface area contributed by atoms with Gasteiger partial charge in [0.25, 0.3) is 0 Å². The molecule has 0 aliphatic carbocycles. The zero-order valence-corrected chi connectivity index (χ0v) is 9.02. The summed E-state index contributed by atoms with van der Waals surface area (Å²) in [6.45, 7) is 4.00. The first-order valence-electron chi connectivity index (χ1n) is 4.04. The minimum atomic E-state index is 1.16. The van der Waals surface area contributed by atoms with E-state index in [9.17, 15) is 0 Å². The summed E-state index contributed by atoms with van der Waals surface area (Å²) < 4.78 is 0. The zero-order chi connectivity index (χ0) is 9.82. The van der Waals surface area contributed by atoms with Crippen LogP contribution >= 0.6 is 11.6 Å². The monoisotopic (exact) mass is 187 g/mol. The van der Waals surface area contributed by atoms with E-state index in [4.69, 9.17) is 0 Å². The van der Waals surface area contributed by atoms with Gasteiger partial charge < -0.3 is 5.32 Å². The Balaban J connectivity index is 0. The van der Waals surface area contributed by atoms with Crippen LogP contribution in [0.1, 0.15) is 13.8 Å². The minimum Gasteiger partial charge on any atom is -0.388 e. The van der Waals surface area contributed by atoms with Gasteiger partial charge in [-0.3, -0.25) is 0 Å². The molecule has 12 heavy (non-hydrogen) atoms. The van der Waals surface area contributed by atoms with Crippen LogP contribution < -0.4 is 5.32 Å². The molecule has 0 radical (unpaired) electrons. The second kappa shape index (κ2) is 12.9. The molecule has 0 heterocycles. The van der Waals surface area contributed by atoms with Crippen LogP contribution in [0.2, 0.25) is 0 Å². The van der Waals surface area contributed by atoms with E-state index in [-0.39, 0.29) is 0 Å². The Hall–Kier alpha value is -0.690. The van der Waals surface area contributed by atoms with Crippen molar-refractivity contribution >= 4 is 17.3 Å². The summed E-state index contributed by atoms with van der Waals surface area (Å²) in [6.07, 6.45) is 1.47. The number of alkyl halides is 1. The van der Waals surface area contributed by atoms with E-state index >= 15 is 0 Å². The molecule has 0 amide bonds. The fourth-order valence-corrected chi connectivity index (χ4v) is 0.605. The van der Waals surface area contributed by atoms with Crippen LogP contribution in [0.4, 0.5) is 5.69 Å². The number of hydrogen-bond donors (Lipinski definition) is 1. The molecule has 0 atom stereocenters. The highest BCUT2D eigenvalue weighted by molar-refractivity contribution is 6.15. The van der Waals surface area contributed by atoms with Crippen molar-refractivity contribution in [1.82, 2.24) is 0 Å². The molecule has 0 fully saturated rings. The second-order valence-corrected chi connectivity index (χ2v) is 1.62. The summed E-state index contributed by atoms with van der Waals surface area (Å²) in [5, 5.41) is 3.03. The lowest BCUT2D eigenvalue weighted by molar-refractivity contribution is 1.50. The molecule has 0 unspecified atom stereocenters. The van der Waals surface area contributed by atoms with E-state index < -0.39 is 0 Å². The predicted molar refractivity (Wildman–Crippen MR) is 59.1 cm³/mol. The van der Waals surface area contributed by atoms with Gasteiger partial charge in [-0.05, 0) is 12.1 Å². The van der Waals surface area contributed by atoms with Crippen molar-refractivity contribution in [2.75, 3.05) is 18.7 Å². The van der Waals surface area contributed by atoms with E-state index in [1.165, 1.54) is 6.38 Å². The molecule has 1 aromatic rings. The summed E-state index contributed by atoms with van der Waals surface area (Å²) in [5.41, 5.74) is 1.16. The van der Waals surface area contributed by atoms with Gasteiger partial charge in [0.1, 0.15) is 0 Å². The van der Waals surface area contributed by atoms with Gasteiger partial charge in [-0.2, -0.15) is 0 Å². The maximum Gasteiger partial charge on any atom is 0.0337 e. The predicted octanol–water partition coefficient (Wildman–Crippen LogP) is 3.61. The minimum absolute atomic E-state index is 1.16. The molecule has 70 valence electrons. The molecular weight excluding hydrogens is 170 g/mol. The van der Waals surface area contributed by atoms with Gasteiger partial charge in [-0.15, -0.1) is 11.6 Å². The van der Waals surface area contributed by atoms with Crippen molar-refractivity contribution in [3.8, 4) is 0 Å². The lowest BCUT2D eigenvalue weighted by Gasteiger charge is -1.94. The molecular formula is C10H18ClN. The van der Waals surface area contributed by atoms with E-state index in [2.05, 4.69) is 16.9 Å². The molecule has 1 rings (SSSR count).